The van der Waals surface area contributed by atoms with Gasteiger partial charge >= 0.3 is 0 Å². The molecule has 0 saturated heterocycles. The van der Waals surface area contributed by atoms with Gasteiger partial charge in [-0.15, -0.1) is 11.3 Å². The summed E-state index contributed by atoms with van der Waals surface area (Å²) >= 11 is 1.15. The number of nitrogens with zero attached hydrogens (tertiary/aromatic N) is 4. The number of nitrogen functional groups attached to an aromatic ring is 1. The molecule has 0 aliphatic heterocycles. The van der Waals surface area contributed by atoms with Crippen LogP contribution in [-0.2, 0) is 10.0 Å². The van der Waals surface area contributed by atoms with Gasteiger partial charge in [-0.05, 0) is 56.4 Å². The van der Waals surface area contributed by atoms with Gasteiger partial charge in [-0.3, -0.25) is 4.79 Å². The van der Waals surface area contributed by atoms with Crippen molar-refractivity contribution in [2.45, 2.75) is 49.6 Å². The molecule has 7 rings (SSSR count). The molecule has 0 radical (unpaired) electrons. The summed E-state index contributed by atoms with van der Waals surface area (Å²) in [6.45, 7) is 1.78. The van der Waals surface area contributed by atoms with Gasteiger partial charge in [0.15, 0.2) is 22.6 Å². The van der Waals surface area contributed by atoms with Gasteiger partial charge < -0.3 is 16.4 Å². The molecule has 0 unspecified atom stereocenters. The topological polar surface area (TPSA) is 156 Å². The number of anilines is 2. The molecule has 1 saturated carbocycles. The van der Waals surface area contributed by atoms with Crippen LogP contribution in [0.25, 0.3) is 33.3 Å². The van der Waals surface area contributed by atoms with Crippen molar-refractivity contribution < 1.29 is 26.4 Å². The van der Waals surface area contributed by atoms with Crippen molar-refractivity contribution in [1.29, 1.82) is 5.26 Å². The maximum atomic E-state index is 16.7. The third-order valence-corrected chi connectivity index (χ3v) is 11.4. The van der Waals surface area contributed by atoms with E-state index >= 15 is 8.78 Å². The number of carbonyl (C=O) groups is 1. The average Bonchev–Trinajstić information content (AvgIpc) is 3.74. The van der Waals surface area contributed by atoms with E-state index in [4.69, 9.17) is 5.73 Å². The minimum atomic E-state index is -4.45. The SMILES string of the molecule is Cc1ccc(S(=O)(=O)n2cc(-c3nc(N[C@@H]4CCC[C@H](NC(=O)c5csc(N)n5)C4)c(F)c(-c4ccccc4)c3C#N)c3cc(F)cc(F)c32)cc1. The van der Waals surface area contributed by atoms with E-state index in [9.17, 15) is 22.9 Å². The number of pyridine rings is 1. The molecule has 1 aliphatic carbocycles. The monoisotopic (exact) mass is 741 g/mol. The molecule has 2 atom stereocenters. The molecule has 264 valence electrons. The zero-order chi connectivity index (χ0) is 36.7. The minimum absolute atomic E-state index is 0.0998. The minimum Gasteiger partial charge on any atom is -0.375 e. The van der Waals surface area contributed by atoms with Crippen molar-refractivity contribution >= 4 is 49.1 Å². The number of fused-ring (bicyclic) bond motifs is 1. The summed E-state index contributed by atoms with van der Waals surface area (Å²) in [4.78, 5) is 21.2. The molecule has 10 nitrogen and oxygen atoms in total. The highest BCUT2D eigenvalue weighted by Gasteiger charge is 2.31. The van der Waals surface area contributed by atoms with Crippen LogP contribution in [0.1, 0.15) is 47.3 Å². The first-order valence-electron chi connectivity index (χ1n) is 16.2. The second kappa shape index (κ2) is 13.8. The average molecular weight is 742 g/mol. The highest BCUT2D eigenvalue weighted by atomic mass is 32.2. The Bertz CT molecular complexity index is 2500. The van der Waals surface area contributed by atoms with Gasteiger partial charge in [0.1, 0.15) is 23.1 Å². The summed E-state index contributed by atoms with van der Waals surface area (Å²) < 4.78 is 75.9. The number of aryl methyl sites for hydroxylation is 1. The Morgan fingerprint density at radius 3 is 2.46 bits per heavy atom. The van der Waals surface area contributed by atoms with Crippen LogP contribution in [0.2, 0.25) is 0 Å². The molecular weight excluding hydrogens is 712 g/mol. The third kappa shape index (κ3) is 6.46. The number of hydrogen-bond acceptors (Lipinski definition) is 9. The summed E-state index contributed by atoms with van der Waals surface area (Å²) in [5, 5.41) is 18.3. The van der Waals surface area contributed by atoms with Gasteiger partial charge in [0, 0.05) is 46.2 Å². The molecule has 52 heavy (non-hydrogen) atoms. The van der Waals surface area contributed by atoms with E-state index in [-0.39, 0.29) is 67.3 Å². The predicted octanol–water partition coefficient (Wildman–Crippen LogP) is 7.40. The largest absolute Gasteiger partial charge is 0.375 e. The predicted molar refractivity (Wildman–Crippen MR) is 193 cm³/mol. The molecule has 0 bridgehead atoms. The lowest BCUT2D eigenvalue weighted by molar-refractivity contribution is 0.0922. The Morgan fingerprint density at radius 1 is 1.04 bits per heavy atom. The fourth-order valence-corrected chi connectivity index (χ4v) is 8.50. The maximum absolute atomic E-state index is 16.7. The summed E-state index contributed by atoms with van der Waals surface area (Å²) in [5.41, 5.74) is 5.88. The van der Waals surface area contributed by atoms with Crippen LogP contribution < -0.4 is 16.4 Å². The summed E-state index contributed by atoms with van der Waals surface area (Å²) in [6, 6.07) is 17.1. The van der Waals surface area contributed by atoms with Crippen LogP contribution in [0.4, 0.5) is 24.1 Å². The van der Waals surface area contributed by atoms with Gasteiger partial charge in [0.05, 0.1) is 16.2 Å². The molecule has 0 spiro atoms. The number of aromatic nitrogens is 3. The van der Waals surface area contributed by atoms with Gasteiger partial charge in [0.2, 0.25) is 0 Å². The van der Waals surface area contributed by atoms with Crippen molar-refractivity contribution in [1.82, 2.24) is 19.3 Å². The second-order valence-electron chi connectivity index (χ2n) is 12.5. The third-order valence-electron chi connectivity index (χ3n) is 9.03. The van der Waals surface area contributed by atoms with E-state index in [0.717, 1.165) is 29.2 Å². The standard InChI is InChI=1S/C37H30F3N7O3S2/c1-20-10-12-25(13-11-20)52(49,50)47-18-28(26-14-22(38)15-29(39)34(26)47)33-27(17-41)31(21-6-3-2-4-7-21)32(40)35(46-33)43-23-8-5-9-24(16-23)44-36(48)30-19-51-37(42)45-30/h2-4,6-7,10-15,18-19,23-24H,5,8-9,16H2,1H3,(H2,42,45)(H,43,46)(H,44,48)/t23-,24+/m1/s1. The number of amides is 1. The van der Waals surface area contributed by atoms with Crippen molar-refractivity contribution in [2.24, 2.45) is 0 Å². The number of thiazole rings is 1. The summed E-state index contributed by atoms with van der Waals surface area (Å²) in [7, 11) is -4.45. The van der Waals surface area contributed by atoms with E-state index in [0.29, 0.717) is 41.3 Å². The fourth-order valence-electron chi connectivity index (χ4n) is 6.58. The van der Waals surface area contributed by atoms with E-state index in [2.05, 4.69) is 20.6 Å². The molecule has 6 aromatic rings. The number of carbonyl (C=O) groups excluding carboxylic acids is 1. The Labute approximate surface area is 300 Å². The Balaban J connectivity index is 1.37. The molecule has 4 N–H and O–H groups in total. The quantitative estimate of drug-likeness (QED) is 0.146. The zero-order valence-corrected chi connectivity index (χ0v) is 29.2. The van der Waals surface area contributed by atoms with E-state index < -0.39 is 33.0 Å². The molecular formula is C37H30F3N7O3S2. The van der Waals surface area contributed by atoms with Crippen LogP contribution in [0, 0.1) is 35.7 Å². The highest BCUT2D eigenvalue weighted by molar-refractivity contribution is 7.90. The van der Waals surface area contributed by atoms with Gasteiger partial charge in [-0.25, -0.2) is 35.5 Å². The van der Waals surface area contributed by atoms with E-state index in [1.54, 1.807) is 54.8 Å². The van der Waals surface area contributed by atoms with Crippen LogP contribution in [0.5, 0.6) is 0 Å². The van der Waals surface area contributed by atoms with Crippen LogP contribution in [-0.4, -0.2) is 40.3 Å². The Morgan fingerprint density at radius 2 is 1.77 bits per heavy atom. The number of hydrogen-bond donors (Lipinski definition) is 3. The molecule has 1 aliphatic rings. The molecule has 1 amide bonds. The lowest BCUT2D eigenvalue weighted by Crippen LogP contribution is -2.42. The zero-order valence-electron chi connectivity index (χ0n) is 27.5. The molecule has 1 fully saturated rings. The van der Waals surface area contributed by atoms with Crippen LogP contribution in [0.15, 0.2) is 83.2 Å². The number of nitrogens with two attached hydrogens (primary N) is 1. The molecule has 3 heterocycles. The lowest BCUT2D eigenvalue weighted by Gasteiger charge is -2.31. The second-order valence-corrected chi connectivity index (χ2v) is 15.2. The van der Waals surface area contributed by atoms with Crippen molar-refractivity contribution in [3.63, 3.8) is 0 Å². The number of nitriles is 1. The van der Waals surface area contributed by atoms with Gasteiger partial charge in [0.25, 0.3) is 15.9 Å². The van der Waals surface area contributed by atoms with Crippen LogP contribution in [0.3, 0.4) is 0 Å². The first-order chi connectivity index (χ1) is 24.9. The summed E-state index contributed by atoms with van der Waals surface area (Å²) in [6.07, 6.45) is 3.42. The normalized spacial score (nSPS) is 16.1. The number of halogens is 3. The molecule has 3 aromatic heterocycles. The summed E-state index contributed by atoms with van der Waals surface area (Å²) in [5.74, 6) is -3.63. The van der Waals surface area contributed by atoms with Crippen molar-refractivity contribution in [3.05, 3.63) is 113 Å². The first kappa shape index (κ1) is 34.7. The number of rotatable bonds is 8. The Hall–Kier alpha value is -5.72. The van der Waals surface area contributed by atoms with Crippen molar-refractivity contribution in [3.8, 4) is 28.5 Å². The Kier molecular flexibility index (Phi) is 9.20. The van der Waals surface area contributed by atoms with Gasteiger partial charge in [-0.2, -0.15) is 5.26 Å². The van der Waals surface area contributed by atoms with Crippen molar-refractivity contribution in [2.75, 3.05) is 11.1 Å². The highest BCUT2D eigenvalue weighted by Crippen LogP contribution is 2.41. The van der Waals surface area contributed by atoms with E-state index in [1.807, 2.05) is 6.07 Å². The molecule has 15 heteroatoms. The first-order valence-corrected chi connectivity index (χ1v) is 18.6. The fraction of sp³-hybridized carbons (Fsp3) is 0.189. The number of benzene rings is 3. The number of nitrogens with one attached hydrogen (secondary N) is 2. The van der Waals surface area contributed by atoms with E-state index in [1.165, 1.54) is 12.1 Å². The van der Waals surface area contributed by atoms with Gasteiger partial charge in [-0.1, -0.05) is 48.0 Å². The maximum Gasteiger partial charge on any atom is 0.271 e. The lowest BCUT2D eigenvalue weighted by atomic mass is 9.90. The smallest absolute Gasteiger partial charge is 0.271 e. The van der Waals surface area contributed by atoms with Crippen LogP contribution >= 0.6 is 11.3 Å². The molecule has 3 aromatic carbocycles.